The van der Waals surface area contributed by atoms with Crippen molar-refractivity contribution in [1.82, 2.24) is 9.88 Å². The van der Waals surface area contributed by atoms with Crippen LogP contribution in [0.4, 0.5) is 0 Å². The zero-order valence-corrected chi connectivity index (χ0v) is 10.6. The van der Waals surface area contributed by atoms with Crippen LogP contribution in [-0.2, 0) is 6.54 Å². The van der Waals surface area contributed by atoms with E-state index in [1.165, 1.54) is 5.56 Å². The summed E-state index contributed by atoms with van der Waals surface area (Å²) in [6.45, 7) is 7.44. The lowest BCUT2D eigenvalue weighted by molar-refractivity contribution is 0.0613. The van der Waals surface area contributed by atoms with Crippen molar-refractivity contribution in [3.05, 3.63) is 30.1 Å². The molecule has 0 saturated carbocycles. The number of aliphatic hydroxyl groups excluding tert-OH is 1. The van der Waals surface area contributed by atoms with Gasteiger partial charge in [-0.05, 0) is 24.1 Å². The second-order valence-electron chi connectivity index (χ2n) is 5.34. The Hall–Kier alpha value is -0.930. The molecular weight excluding hydrogens is 200 g/mol. The fourth-order valence-electron chi connectivity index (χ4n) is 1.96. The zero-order valence-electron chi connectivity index (χ0n) is 10.6. The number of likely N-dealkylation sites (N-methyl/N-ethyl adjacent to an activating group) is 1. The van der Waals surface area contributed by atoms with Gasteiger partial charge in [-0.15, -0.1) is 0 Å². The highest BCUT2D eigenvalue weighted by Crippen LogP contribution is 2.24. The third-order valence-corrected chi connectivity index (χ3v) is 2.86. The standard InChI is InChI=1S/C13H22N2O/c1-13(2,3)12(10-16)15(4)9-11-6-5-7-14-8-11/h5-8,12,16H,9-10H2,1-4H3. The molecule has 0 aliphatic rings. The van der Waals surface area contributed by atoms with Crippen molar-refractivity contribution in [3.8, 4) is 0 Å². The molecule has 1 unspecified atom stereocenters. The quantitative estimate of drug-likeness (QED) is 0.845. The minimum atomic E-state index is 0.0751. The maximum absolute atomic E-state index is 9.45. The molecule has 0 aliphatic carbocycles. The highest BCUT2D eigenvalue weighted by atomic mass is 16.3. The lowest BCUT2D eigenvalue weighted by atomic mass is 9.86. The molecule has 90 valence electrons. The second-order valence-corrected chi connectivity index (χ2v) is 5.34. The summed E-state index contributed by atoms with van der Waals surface area (Å²) in [5.41, 5.74) is 1.25. The predicted octanol–water partition coefficient (Wildman–Crippen LogP) is 1.92. The van der Waals surface area contributed by atoms with Gasteiger partial charge in [-0.25, -0.2) is 0 Å². The van der Waals surface area contributed by atoms with Gasteiger partial charge in [-0.1, -0.05) is 26.8 Å². The van der Waals surface area contributed by atoms with Gasteiger partial charge >= 0.3 is 0 Å². The summed E-state index contributed by atoms with van der Waals surface area (Å²) in [4.78, 5) is 6.27. The summed E-state index contributed by atoms with van der Waals surface area (Å²) < 4.78 is 0. The van der Waals surface area contributed by atoms with Crippen LogP contribution in [0.1, 0.15) is 26.3 Å². The first-order valence-corrected chi connectivity index (χ1v) is 5.65. The van der Waals surface area contributed by atoms with E-state index >= 15 is 0 Å². The molecule has 0 radical (unpaired) electrons. The van der Waals surface area contributed by atoms with E-state index in [2.05, 4.69) is 36.7 Å². The van der Waals surface area contributed by atoms with Gasteiger partial charge in [-0.2, -0.15) is 0 Å². The molecule has 0 amide bonds. The molecule has 3 nitrogen and oxygen atoms in total. The summed E-state index contributed by atoms with van der Waals surface area (Å²) in [5.74, 6) is 0. The van der Waals surface area contributed by atoms with Crippen molar-refractivity contribution in [2.45, 2.75) is 33.4 Å². The normalized spacial score (nSPS) is 14.1. The molecular formula is C13H22N2O. The molecule has 0 saturated heterocycles. The van der Waals surface area contributed by atoms with Crippen LogP contribution >= 0.6 is 0 Å². The molecule has 0 spiro atoms. The number of hydrogen-bond acceptors (Lipinski definition) is 3. The topological polar surface area (TPSA) is 36.4 Å². The first-order valence-electron chi connectivity index (χ1n) is 5.65. The molecule has 1 aromatic heterocycles. The first-order chi connectivity index (χ1) is 7.45. The Morgan fingerprint density at radius 2 is 2.12 bits per heavy atom. The zero-order chi connectivity index (χ0) is 12.2. The van der Waals surface area contributed by atoms with Gasteiger partial charge in [0, 0.05) is 25.0 Å². The summed E-state index contributed by atoms with van der Waals surface area (Å²) in [5, 5.41) is 9.45. The first kappa shape index (κ1) is 13.1. The Morgan fingerprint density at radius 3 is 2.56 bits per heavy atom. The molecule has 1 atom stereocenters. The smallest absolute Gasteiger partial charge is 0.0591 e. The Labute approximate surface area is 98.1 Å². The lowest BCUT2D eigenvalue weighted by Crippen LogP contribution is -2.43. The Morgan fingerprint density at radius 1 is 1.44 bits per heavy atom. The van der Waals surface area contributed by atoms with Crippen LogP contribution < -0.4 is 0 Å². The number of nitrogens with zero attached hydrogens (tertiary/aromatic N) is 2. The average Bonchev–Trinajstić information content (AvgIpc) is 2.17. The summed E-state index contributed by atoms with van der Waals surface area (Å²) in [7, 11) is 2.04. The maximum atomic E-state index is 9.45. The van der Waals surface area contributed by atoms with Gasteiger partial charge in [0.05, 0.1) is 6.61 Å². The minimum absolute atomic E-state index is 0.0751. The van der Waals surface area contributed by atoms with Gasteiger partial charge < -0.3 is 5.11 Å². The van der Waals surface area contributed by atoms with Gasteiger partial charge in [0.25, 0.3) is 0 Å². The molecule has 16 heavy (non-hydrogen) atoms. The van der Waals surface area contributed by atoms with Crippen molar-refractivity contribution in [2.75, 3.05) is 13.7 Å². The highest BCUT2D eigenvalue weighted by Gasteiger charge is 2.27. The largest absolute Gasteiger partial charge is 0.395 e. The molecule has 0 aromatic carbocycles. The highest BCUT2D eigenvalue weighted by molar-refractivity contribution is 5.08. The molecule has 0 bridgehead atoms. The molecule has 3 heteroatoms. The fraction of sp³-hybridized carbons (Fsp3) is 0.615. The maximum Gasteiger partial charge on any atom is 0.0591 e. The van der Waals surface area contributed by atoms with Crippen molar-refractivity contribution in [1.29, 1.82) is 0 Å². The molecule has 1 rings (SSSR count). The van der Waals surface area contributed by atoms with Crippen LogP contribution in [0.2, 0.25) is 0 Å². The summed E-state index contributed by atoms with van der Waals surface area (Å²) in [6, 6.07) is 4.15. The van der Waals surface area contributed by atoms with Crippen LogP contribution in [-0.4, -0.2) is 34.7 Å². The van der Waals surface area contributed by atoms with Crippen molar-refractivity contribution >= 4 is 0 Å². The van der Waals surface area contributed by atoms with E-state index in [1.807, 2.05) is 19.3 Å². The summed E-state index contributed by atoms with van der Waals surface area (Å²) >= 11 is 0. The van der Waals surface area contributed by atoms with Gasteiger partial charge in [0.15, 0.2) is 0 Å². The van der Waals surface area contributed by atoms with Crippen LogP contribution in [0, 0.1) is 5.41 Å². The van der Waals surface area contributed by atoms with Crippen molar-refractivity contribution in [2.24, 2.45) is 5.41 Å². The Bertz CT molecular complexity index is 305. The number of pyridine rings is 1. The van der Waals surface area contributed by atoms with Gasteiger partial charge in [0.2, 0.25) is 0 Å². The van der Waals surface area contributed by atoms with Crippen LogP contribution in [0.15, 0.2) is 24.5 Å². The van der Waals surface area contributed by atoms with Gasteiger partial charge in [0.1, 0.15) is 0 Å². The predicted molar refractivity (Wildman–Crippen MR) is 66.0 cm³/mol. The van der Waals surface area contributed by atoms with E-state index in [-0.39, 0.29) is 18.1 Å². The molecule has 0 aliphatic heterocycles. The van der Waals surface area contributed by atoms with E-state index in [1.54, 1.807) is 6.20 Å². The molecule has 1 N–H and O–H groups in total. The van der Waals surface area contributed by atoms with Crippen molar-refractivity contribution < 1.29 is 5.11 Å². The van der Waals surface area contributed by atoms with Crippen LogP contribution in [0.5, 0.6) is 0 Å². The third kappa shape index (κ3) is 3.58. The van der Waals surface area contributed by atoms with E-state index in [0.717, 1.165) is 6.54 Å². The van der Waals surface area contributed by atoms with E-state index in [9.17, 15) is 5.11 Å². The number of aromatic nitrogens is 1. The minimum Gasteiger partial charge on any atom is -0.395 e. The number of rotatable bonds is 4. The lowest BCUT2D eigenvalue weighted by Gasteiger charge is -2.36. The van der Waals surface area contributed by atoms with E-state index in [0.29, 0.717) is 0 Å². The van der Waals surface area contributed by atoms with E-state index in [4.69, 9.17) is 0 Å². The molecule has 1 aromatic rings. The molecule has 0 fully saturated rings. The fourth-order valence-corrected chi connectivity index (χ4v) is 1.96. The van der Waals surface area contributed by atoms with Gasteiger partial charge in [-0.3, -0.25) is 9.88 Å². The van der Waals surface area contributed by atoms with Crippen molar-refractivity contribution in [3.63, 3.8) is 0 Å². The van der Waals surface area contributed by atoms with E-state index < -0.39 is 0 Å². The van der Waals surface area contributed by atoms with Crippen LogP contribution in [0.3, 0.4) is 0 Å². The Kier molecular flexibility index (Phi) is 4.44. The number of hydrogen-bond donors (Lipinski definition) is 1. The third-order valence-electron chi connectivity index (χ3n) is 2.86. The summed E-state index contributed by atoms with van der Waals surface area (Å²) in [6.07, 6.45) is 3.64. The number of aliphatic hydroxyl groups is 1. The SMILES string of the molecule is CN(Cc1cccnc1)C(CO)C(C)(C)C. The Balaban J connectivity index is 2.67. The monoisotopic (exact) mass is 222 g/mol. The molecule has 1 heterocycles. The van der Waals surface area contributed by atoms with Crippen LogP contribution in [0.25, 0.3) is 0 Å². The average molecular weight is 222 g/mol. The second kappa shape index (κ2) is 5.41.